The van der Waals surface area contributed by atoms with Crippen LogP contribution in [0.5, 0.6) is 0 Å². The second-order valence-corrected chi connectivity index (χ2v) is 7.17. The molecule has 27 heavy (non-hydrogen) atoms. The summed E-state index contributed by atoms with van der Waals surface area (Å²) in [6, 6.07) is 15.0. The third kappa shape index (κ3) is 3.73. The molecule has 0 spiro atoms. The van der Waals surface area contributed by atoms with Gasteiger partial charge in [0.25, 0.3) is 0 Å². The van der Waals surface area contributed by atoms with Gasteiger partial charge < -0.3 is 10.2 Å². The summed E-state index contributed by atoms with van der Waals surface area (Å²) in [7, 11) is 0. The maximum Gasteiger partial charge on any atom is 0.246 e. The second-order valence-electron chi connectivity index (χ2n) is 6.09. The number of carbonyl (C=O) groups excluding carboxylic acids is 1. The largest absolute Gasteiger partial charge is 0.472 e. The first-order valence-electron chi connectivity index (χ1n) is 8.29. The van der Waals surface area contributed by atoms with Crippen molar-refractivity contribution in [1.82, 2.24) is 4.90 Å². The Balaban J connectivity index is 1.70. The Morgan fingerprint density at radius 1 is 1.19 bits per heavy atom. The van der Waals surface area contributed by atoms with E-state index in [9.17, 15) is 9.18 Å². The Labute approximate surface area is 159 Å². The molecule has 1 amide bonds. The van der Waals surface area contributed by atoms with E-state index in [2.05, 4.69) is 4.99 Å². The highest BCUT2D eigenvalue weighted by atomic mass is 32.2. The topological polar surface area (TPSA) is 71.8 Å². The number of rotatable bonds is 4. The predicted octanol–water partition coefficient (Wildman–Crippen LogP) is 4.51. The quantitative estimate of drug-likeness (QED) is 0.675. The number of nitrogens with zero attached hydrogens (tertiary/aromatic N) is 2. The van der Waals surface area contributed by atoms with E-state index in [1.54, 1.807) is 47.8 Å². The van der Waals surface area contributed by atoms with E-state index in [1.807, 2.05) is 12.1 Å². The number of hydrogen-bond acceptors (Lipinski definition) is 5. The Morgan fingerprint density at radius 2 is 2.00 bits per heavy atom. The fourth-order valence-corrected chi connectivity index (χ4v) is 3.96. The molecule has 136 valence electrons. The summed E-state index contributed by atoms with van der Waals surface area (Å²) in [5.41, 5.74) is 8.55. The number of anilines is 1. The maximum atomic E-state index is 13.5. The van der Waals surface area contributed by atoms with Crippen molar-refractivity contribution in [3.05, 3.63) is 84.1 Å². The molecule has 1 saturated heterocycles. The molecular weight excluding hydrogens is 365 g/mol. The van der Waals surface area contributed by atoms with Gasteiger partial charge in [0.1, 0.15) is 11.1 Å². The number of amides is 1. The lowest BCUT2D eigenvalue weighted by Crippen LogP contribution is -2.29. The van der Waals surface area contributed by atoms with Gasteiger partial charge in [-0.1, -0.05) is 30.0 Å². The van der Waals surface area contributed by atoms with Crippen LogP contribution in [0.1, 0.15) is 16.4 Å². The van der Waals surface area contributed by atoms with E-state index < -0.39 is 5.25 Å². The molecule has 1 atom stereocenters. The number of aliphatic imine (C=N–C) groups is 1. The van der Waals surface area contributed by atoms with Crippen LogP contribution in [-0.4, -0.2) is 16.0 Å². The van der Waals surface area contributed by atoms with Crippen LogP contribution >= 0.6 is 11.8 Å². The lowest BCUT2D eigenvalue weighted by molar-refractivity contribution is -0.126. The van der Waals surface area contributed by atoms with Crippen LogP contribution in [0.15, 0.2) is 76.5 Å². The third-order valence-corrected chi connectivity index (χ3v) is 5.37. The van der Waals surface area contributed by atoms with E-state index in [4.69, 9.17) is 10.2 Å². The third-order valence-electron chi connectivity index (χ3n) is 4.14. The van der Waals surface area contributed by atoms with Gasteiger partial charge in [-0.25, -0.2) is 9.38 Å². The zero-order chi connectivity index (χ0) is 18.8. The van der Waals surface area contributed by atoms with Gasteiger partial charge in [0.15, 0.2) is 5.17 Å². The minimum atomic E-state index is -0.426. The van der Waals surface area contributed by atoms with Gasteiger partial charge >= 0.3 is 0 Å². The lowest BCUT2D eigenvalue weighted by atomic mass is 10.1. The Morgan fingerprint density at radius 3 is 2.70 bits per heavy atom. The fraction of sp³-hybridized carbons (Fsp3) is 0.100. The minimum absolute atomic E-state index is 0.0823. The van der Waals surface area contributed by atoms with Crippen molar-refractivity contribution >= 4 is 34.2 Å². The Bertz CT molecular complexity index is 987. The van der Waals surface area contributed by atoms with Crippen LogP contribution in [-0.2, 0) is 11.3 Å². The minimum Gasteiger partial charge on any atom is -0.472 e. The number of nitrogen functional groups attached to an aromatic ring is 1. The molecule has 4 rings (SSSR count). The molecule has 1 unspecified atom stereocenters. The van der Waals surface area contributed by atoms with Crippen LogP contribution in [0, 0.1) is 5.82 Å². The molecule has 2 aromatic carbocycles. The average molecular weight is 381 g/mol. The van der Waals surface area contributed by atoms with Crippen molar-refractivity contribution in [2.45, 2.75) is 11.8 Å². The summed E-state index contributed by atoms with van der Waals surface area (Å²) in [6.07, 6.45) is 3.15. The molecule has 2 heterocycles. The highest BCUT2D eigenvalue weighted by Crippen LogP contribution is 2.41. The molecular formula is C20H16FN3O2S. The van der Waals surface area contributed by atoms with E-state index in [0.717, 1.165) is 11.1 Å². The van der Waals surface area contributed by atoms with Gasteiger partial charge in [-0.2, -0.15) is 0 Å². The summed E-state index contributed by atoms with van der Waals surface area (Å²) in [4.78, 5) is 19.2. The molecule has 0 bridgehead atoms. The molecule has 3 aromatic rings. The number of nitrogens with two attached hydrogens (primary N) is 1. The van der Waals surface area contributed by atoms with Crippen LogP contribution in [0.3, 0.4) is 0 Å². The van der Waals surface area contributed by atoms with Crippen molar-refractivity contribution < 1.29 is 13.6 Å². The first-order valence-corrected chi connectivity index (χ1v) is 9.17. The van der Waals surface area contributed by atoms with Crippen LogP contribution in [0.2, 0.25) is 0 Å². The molecule has 1 aliphatic heterocycles. The molecule has 1 fully saturated rings. The van der Waals surface area contributed by atoms with Gasteiger partial charge in [-0.15, -0.1) is 0 Å². The molecule has 7 heteroatoms. The number of amidine groups is 1. The monoisotopic (exact) mass is 381 g/mol. The normalized spacial score (nSPS) is 18.4. The maximum absolute atomic E-state index is 13.5. The Hall–Kier alpha value is -3.06. The van der Waals surface area contributed by atoms with Gasteiger partial charge in [0.05, 0.1) is 24.8 Å². The molecule has 1 aliphatic rings. The summed E-state index contributed by atoms with van der Waals surface area (Å²) in [6.45, 7) is 0.335. The number of benzene rings is 2. The molecule has 0 aliphatic carbocycles. The Kier molecular flexibility index (Phi) is 4.68. The first kappa shape index (κ1) is 17.4. The van der Waals surface area contributed by atoms with Gasteiger partial charge in [0, 0.05) is 11.3 Å². The van der Waals surface area contributed by atoms with Crippen LogP contribution in [0.4, 0.5) is 15.8 Å². The SMILES string of the molecule is Nc1ccc(C2S/C(=N\c3cccc(F)c3)N(Cc3ccoc3)C2=O)cc1. The van der Waals surface area contributed by atoms with E-state index in [-0.39, 0.29) is 11.7 Å². The number of hydrogen-bond donors (Lipinski definition) is 1. The van der Waals surface area contributed by atoms with Gasteiger partial charge in [0.2, 0.25) is 5.91 Å². The zero-order valence-electron chi connectivity index (χ0n) is 14.2. The van der Waals surface area contributed by atoms with E-state index in [1.165, 1.54) is 23.9 Å². The summed E-state index contributed by atoms with van der Waals surface area (Å²) >= 11 is 1.34. The van der Waals surface area contributed by atoms with Crippen LogP contribution < -0.4 is 5.73 Å². The molecule has 5 nitrogen and oxygen atoms in total. The summed E-state index contributed by atoms with van der Waals surface area (Å²) in [5, 5.41) is 0.0958. The predicted molar refractivity (Wildman–Crippen MR) is 104 cm³/mol. The highest BCUT2D eigenvalue weighted by molar-refractivity contribution is 8.15. The number of halogens is 1. The fourth-order valence-electron chi connectivity index (χ4n) is 2.79. The zero-order valence-corrected chi connectivity index (χ0v) is 15.0. The van der Waals surface area contributed by atoms with Crippen molar-refractivity contribution in [3.8, 4) is 0 Å². The standard InChI is InChI=1S/C20H16FN3O2S/c21-15-2-1-3-17(10-15)23-20-24(11-13-8-9-26-12-13)19(25)18(27-20)14-4-6-16(22)7-5-14/h1-10,12,18H,11,22H2/b23-20-. The van der Waals surface area contributed by atoms with Crippen molar-refractivity contribution in [2.75, 3.05) is 5.73 Å². The summed E-state index contributed by atoms with van der Waals surface area (Å²) in [5.74, 6) is -0.455. The van der Waals surface area contributed by atoms with Gasteiger partial charge in [-0.05, 0) is 42.0 Å². The van der Waals surface area contributed by atoms with Crippen LogP contribution in [0.25, 0.3) is 0 Å². The van der Waals surface area contributed by atoms with Crippen molar-refractivity contribution in [2.24, 2.45) is 4.99 Å². The first-order chi connectivity index (χ1) is 13.1. The smallest absolute Gasteiger partial charge is 0.246 e. The molecule has 1 aromatic heterocycles. The van der Waals surface area contributed by atoms with Gasteiger partial charge in [-0.3, -0.25) is 9.69 Å². The van der Waals surface area contributed by atoms with E-state index in [0.29, 0.717) is 23.1 Å². The number of thioether (sulfide) groups is 1. The molecule has 0 radical (unpaired) electrons. The highest BCUT2D eigenvalue weighted by Gasteiger charge is 2.39. The second kappa shape index (κ2) is 7.28. The molecule has 0 saturated carbocycles. The number of carbonyl (C=O) groups is 1. The summed E-state index contributed by atoms with van der Waals surface area (Å²) < 4.78 is 18.6. The average Bonchev–Trinajstić information content (AvgIpc) is 3.26. The van der Waals surface area contributed by atoms with Crippen molar-refractivity contribution in [3.63, 3.8) is 0 Å². The molecule has 2 N–H and O–H groups in total. The lowest BCUT2D eigenvalue weighted by Gasteiger charge is -2.15. The van der Waals surface area contributed by atoms with E-state index >= 15 is 0 Å². The van der Waals surface area contributed by atoms with Crippen molar-refractivity contribution in [1.29, 1.82) is 0 Å². The number of furan rings is 1.